The predicted molar refractivity (Wildman–Crippen MR) is 174 cm³/mol. The molecule has 0 aromatic heterocycles. The molecule has 0 N–H and O–H groups in total. The lowest BCUT2D eigenvalue weighted by Crippen LogP contribution is -2.29. The van der Waals surface area contributed by atoms with Gasteiger partial charge in [0.05, 0.1) is 4.90 Å². The van der Waals surface area contributed by atoms with Crippen LogP contribution in [0.3, 0.4) is 0 Å². The van der Waals surface area contributed by atoms with E-state index < -0.39 is 24.4 Å². The van der Waals surface area contributed by atoms with Crippen LogP contribution in [0.1, 0.15) is 89.5 Å². The molecule has 214 valence electrons. The molecule has 1 unspecified atom stereocenters. The summed E-state index contributed by atoms with van der Waals surface area (Å²) < 4.78 is 34.3. The van der Waals surface area contributed by atoms with E-state index in [9.17, 15) is 8.42 Å². The lowest BCUT2D eigenvalue weighted by atomic mass is 10.00. The molecular weight excluding hydrogens is 548 g/mol. The number of sulfonamides is 1. The van der Waals surface area contributed by atoms with Crippen molar-refractivity contribution in [3.05, 3.63) is 90.5 Å². The molecule has 0 radical (unpaired) electrons. The van der Waals surface area contributed by atoms with E-state index in [0.29, 0.717) is 16.2 Å². The Kier molecular flexibility index (Phi) is 10.4. The summed E-state index contributed by atoms with van der Waals surface area (Å²) in [6.07, 6.45) is 15.0. The van der Waals surface area contributed by atoms with Gasteiger partial charge in [-0.15, -0.1) is 0 Å². The van der Waals surface area contributed by atoms with E-state index in [2.05, 4.69) is 61.5 Å². The van der Waals surface area contributed by atoms with Crippen molar-refractivity contribution < 1.29 is 8.42 Å². The van der Waals surface area contributed by atoms with E-state index in [4.69, 9.17) is 4.15 Å². The van der Waals surface area contributed by atoms with Crippen molar-refractivity contribution in [2.45, 2.75) is 107 Å². The molecule has 2 fully saturated rings. The normalized spacial score (nSPS) is 18.3. The highest BCUT2D eigenvalue weighted by Crippen LogP contribution is 2.84. The van der Waals surface area contributed by atoms with Gasteiger partial charge in [0.2, 0.25) is 0 Å². The van der Waals surface area contributed by atoms with E-state index in [1.54, 1.807) is 12.1 Å². The highest BCUT2D eigenvalue weighted by atomic mass is 32.2. The van der Waals surface area contributed by atoms with Crippen LogP contribution >= 0.6 is 14.4 Å². The molecule has 5 rings (SSSR count). The molecule has 2 aliphatic rings. The molecule has 2 aliphatic carbocycles. The van der Waals surface area contributed by atoms with Gasteiger partial charge in [-0.05, 0) is 78.1 Å². The zero-order valence-corrected chi connectivity index (χ0v) is 26.6. The largest absolute Gasteiger partial charge is 0.281 e. The quantitative estimate of drug-likeness (QED) is 0.220. The number of hydrogen-bond donors (Lipinski definition) is 0. The van der Waals surface area contributed by atoms with E-state index in [1.165, 1.54) is 54.7 Å². The monoisotopic (exact) mass is 593 g/mol. The molecule has 3 aromatic rings. The van der Waals surface area contributed by atoms with Gasteiger partial charge in [-0.3, -0.25) is 0 Å². The van der Waals surface area contributed by atoms with Gasteiger partial charge >= 0.3 is 0 Å². The number of unbranched alkanes of at least 4 members (excludes halogenated alkanes) is 1. The maximum absolute atomic E-state index is 14.4. The summed E-state index contributed by atoms with van der Waals surface area (Å²) in [4.78, 5) is 0.355. The Morgan fingerprint density at radius 2 is 1.25 bits per heavy atom. The zero-order valence-electron chi connectivity index (χ0n) is 24.0. The highest BCUT2D eigenvalue weighted by molar-refractivity contribution is 8.41. The molecule has 0 aliphatic heterocycles. The van der Waals surface area contributed by atoms with Gasteiger partial charge in [0.25, 0.3) is 10.0 Å². The summed E-state index contributed by atoms with van der Waals surface area (Å²) in [5.41, 5.74) is 2.14. The summed E-state index contributed by atoms with van der Waals surface area (Å²) in [6, 6.07) is 29.0. The van der Waals surface area contributed by atoms with Crippen molar-refractivity contribution in [1.82, 2.24) is 0 Å². The Balaban J connectivity index is 1.86. The number of aryl methyl sites for hydroxylation is 1. The van der Waals surface area contributed by atoms with Crippen molar-refractivity contribution in [3.8, 4) is 0 Å². The van der Waals surface area contributed by atoms with Crippen molar-refractivity contribution in [1.29, 1.82) is 0 Å². The number of hydrogen-bond acceptors (Lipinski definition) is 2. The fraction of sp³-hybridized carbons (Fsp3) is 0.471. The minimum Gasteiger partial charge on any atom is -0.199 e. The van der Waals surface area contributed by atoms with E-state index >= 15 is 0 Å². The molecular formula is C34H45NO2P2S. The van der Waals surface area contributed by atoms with Gasteiger partial charge in [0.15, 0.2) is 0 Å². The Bertz CT molecular complexity index is 1360. The third-order valence-electron chi connectivity index (χ3n) is 8.84. The first-order valence-electron chi connectivity index (χ1n) is 15.4. The van der Waals surface area contributed by atoms with E-state index in [0.717, 1.165) is 44.9 Å². The van der Waals surface area contributed by atoms with Crippen molar-refractivity contribution in [3.63, 3.8) is 0 Å². The van der Waals surface area contributed by atoms with Gasteiger partial charge in [0.1, 0.15) is 0 Å². The topological polar surface area (TPSA) is 46.5 Å². The average Bonchev–Trinajstić information content (AvgIpc) is 3.02. The van der Waals surface area contributed by atoms with Crippen LogP contribution in [0.15, 0.2) is 94.0 Å². The summed E-state index contributed by atoms with van der Waals surface area (Å²) in [6.45, 7) is -0.189. The molecule has 1 atom stereocenters. The molecule has 0 amide bonds. The Hall–Kier alpha value is -1.73. The van der Waals surface area contributed by atoms with Crippen molar-refractivity contribution in [2.24, 2.45) is 4.15 Å². The SMILES string of the molecule is CCCCc1ccccc1P(c1ccccc1)P(=NS(=O)(=O)c1ccccc1)(C1CCCCC1)C1CCCCC1. The molecule has 0 spiro atoms. The molecule has 3 nitrogen and oxygen atoms in total. The smallest absolute Gasteiger partial charge is 0.199 e. The Labute approximate surface area is 244 Å². The van der Waals surface area contributed by atoms with Crippen LogP contribution in [-0.4, -0.2) is 19.7 Å². The molecule has 6 heteroatoms. The second kappa shape index (κ2) is 14.0. The molecule has 0 bridgehead atoms. The van der Waals surface area contributed by atoms with Crippen molar-refractivity contribution >= 4 is 35.0 Å². The molecule has 2 saturated carbocycles. The Morgan fingerprint density at radius 1 is 0.725 bits per heavy atom. The van der Waals surface area contributed by atoms with E-state index in [1.807, 2.05) is 18.2 Å². The third-order valence-corrected chi connectivity index (χ3v) is 23.0. The standard InChI is InChI=1S/C34H45NO2P2S/c1-2-3-18-29-19-16-17-28-34(29)38(30-20-8-4-9-21-30)39(31-22-10-5-11-23-31,32-24-12-6-13-25-32)35-40(36,37)33-26-14-7-15-27-33/h4,7-9,14-17,19-21,26-28,31-32H,2-3,5-6,10-13,18,22-25H2,1H3. The van der Waals surface area contributed by atoms with Gasteiger partial charge in [-0.1, -0.05) is 125 Å². The van der Waals surface area contributed by atoms with Crippen LogP contribution in [0, 0.1) is 0 Å². The molecule has 40 heavy (non-hydrogen) atoms. The fourth-order valence-corrected chi connectivity index (χ4v) is 24.1. The zero-order chi connectivity index (χ0) is 27.8. The number of rotatable bonds is 10. The van der Waals surface area contributed by atoms with Crippen LogP contribution in [-0.2, 0) is 16.4 Å². The summed E-state index contributed by atoms with van der Waals surface area (Å²) in [5, 5.41) is 2.71. The van der Waals surface area contributed by atoms with Gasteiger partial charge in [-0.2, -0.15) is 12.6 Å². The summed E-state index contributed by atoms with van der Waals surface area (Å²) in [5.74, 6) is 0. The van der Waals surface area contributed by atoms with E-state index in [-0.39, 0.29) is 0 Å². The summed E-state index contributed by atoms with van der Waals surface area (Å²) in [7, 11) is -4.79. The first-order chi connectivity index (χ1) is 19.6. The first-order valence-corrected chi connectivity index (χ1v) is 20.8. The lowest BCUT2D eigenvalue weighted by Gasteiger charge is -2.47. The average molecular weight is 594 g/mol. The van der Waals surface area contributed by atoms with Gasteiger partial charge in [0, 0.05) is 14.4 Å². The number of benzene rings is 3. The van der Waals surface area contributed by atoms with Crippen LogP contribution < -0.4 is 10.6 Å². The number of nitrogens with zero attached hydrogens (tertiary/aromatic N) is 1. The highest BCUT2D eigenvalue weighted by Gasteiger charge is 2.47. The molecule has 3 aromatic carbocycles. The fourth-order valence-electron chi connectivity index (χ4n) is 6.89. The second-order valence-corrected chi connectivity index (χ2v) is 21.2. The molecule has 0 heterocycles. The lowest BCUT2D eigenvalue weighted by molar-refractivity contribution is 0.485. The maximum atomic E-state index is 14.4. The van der Waals surface area contributed by atoms with Crippen LogP contribution in [0.25, 0.3) is 0 Å². The van der Waals surface area contributed by atoms with Gasteiger partial charge in [-0.25, -0.2) is 0 Å². The van der Waals surface area contributed by atoms with Gasteiger partial charge < -0.3 is 0 Å². The van der Waals surface area contributed by atoms with Crippen molar-refractivity contribution in [2.75, 3.05) is 0 Å². The summed E-state index contributed by atoms with van der Waals surface area (Å²) >= 11 is 0. The second-order valence-electron chi connectivity index (χ2n) is 11.5. The maximum Gasteiger partial charge on any atom is 0.281 e. The molecule has 0 saturated heterocycles. The van der Waals surface area contributed by atoms with Crippen LogP contribution in [0.2, 0.25) is 0 Å². The third kappa shape index (κ3) is 6.51. The van der Waals surface area contributed by atoms with Crippen LogP contribution in [0.5, 0.6) is 0 Å². The Morgan fingerprint density at radius 3 is 1.82 bits per heavy atom. The first kappa shape index (κ1) is 29.8. The minimum atomic E-state index is -3.82. The minimum absolute atomic E-state index is 0.355. The predicted octanol–water partition coefficient (Wildman–Crippen LogP) is 9.63. The van der Waals surface area contributed by atoms with Crippen LogP contribution in [0.4, 0.5) is 0 Å².